The maximum atomic E-state index is 11.4. The fraction of sp³-hybridized carbons (Fsp3) is 0.286. The van der Waals surface area contributed by atoms with Crippen molar-refractivity contribution in [1.82, 2.24) is 4.98 Å². The molecule has 1 aromatic carbocycles. The largest absolute Gasteiger partial charge is 0.467 e. The van der Waals surface area contributed by atoms with Crippen LogP contribution < -0.4 is 5.32 Å². The van der Waals surface area contributed by atoms with Crippen molar-refractivity contribution in [1.29, 1.82) is 0 Å². The number of anilines is 1. The zero-order valence-corrected chi connectivity index (χ0v) is 12.8. The predicted molar refractivity (Wildman–Crippen MR) is 80.6 cm³/mol. The summed E-state index contributed by atoms with van der Waals surface area (Å²) in [6, 6.07) is 7.62. The number of hydrogen-bond donors (Lipinski definition) is 2. The lowest BCUT2D eigenvalue weighted by Crippen LogP contribution is -2.42. The molecule has 0 radical (unpaired) electrons. The zero-order chi connectivity index (χ0) is 14.8. The molecule has 0 aliphatic heterocycles. The third-order valence-corrected chi connectivity index (χ3v) is 3.36. The van der Waals surface area contributed by atoms with Crippen LogP contribution in [0.15, 0.2) is 34.9 Å². The van der Waals surface area contributed by atoms with Crippen LogP contribution in [0.3, 0.4) is 0 Å². The Morgan fingerprint density at radius 3 is 3.00 bits per heavy atom. The number of benzene rings is 1. The van der Waals surface area contributed by atoms with E-state index in [1.807, 2.05) is 24.3 Å². The van der Waals surface area contributed by atoms with Gasteiger partial charge in [-0.2, -0.15) is 0 Å². The van der Waals surface area contributed by atoms with E-state index in [9.17, 15) is 9.90 Å². The van der Waals surface area contributed by atoms with E-state index < -0.39 is 11.6 Å². The first kappa shape index (κ1) is 14.7. The van der Waals surface area contributed by atoms with Crippen LogP contribution in [0, 0.1) is 0 Å². The molecule has 0 amide bonds. The summed E-state index contributed by atoms with van der Waals surface area (Å²) in [7, 11) is 1.24. The minimum atomic E-state index is -1.59. The number of aromatic nitrogens is 1. The summed E-state index contributed by atoms with van der Waals surface area (Å²) in [5, 5.41) is 14.0. The lowest BCUT2D eigenvalue weighted by molar-refractivity contribution is -0.158. The third kappa shape index (κ3) is 3.08. The van der Waals surface area contributed by atoms with Crippen molar-refractivity contribution < 1.29 is 14.6 Å². The van der Waals surface area contributed by atoms with Crippen LogP contribution in [-0.2, 0) is 9.53 Å². The molecule has 0 fully saturated rings. The van der Waals surface area contributed by atoms with Crippen molar-refractivity contribution >= 4 is 38.5 Å². The molecule has 0 spiro atoms. The highest BCUT2D eigenvalue weighted by molar-refractivity contribution is 9.10. The van der Waals surface area contributed by atoms with Gasteiger partial charge in [-0.25, -0.2) is 4.79 Å². The molecule has 2 N–H and O–H groups in total. The summed E-state index contributed by atoms with van der Waals surface area (Å²) in [4.78, 5) is 15.8. The molecule has 2 rings (SSSR count). The van der Waals surface area contributed by atoms with Gasteiger partial charge in [0.25, 0.3) is 0 Å². The third-order valence-electron chi connectivity index (χ3n) is 2.93. The van der Waals surface area contributed by atoms with E-state index in [1.165, 1.54) is 14.0 Å². The molecule has 20 heavy (non-hydrogen) atoms. The van der Waals surface area contributed by atoms with Crippen LogP contribution in [0.4, 0.5) is 5.69 Å². The Balaban J connectivity index is 2.24. The van der Waals surface area contributed by atoms with Gasteiger partial charge in [0.15, 0.2) is 5.60 Å². The molecule has 6 heteroatoms. The number of methoxy groups -OCH3 is 1. The van der Waals surface area contributed by atoms with Gasteiger partial charge in [-0.3, -0.25) is 4.98 Å². The number of nitrogens with zero attached hydrogens (tertiary/aromatic N) is 1. The van der Waals surface area contributed by atoms with E-state index in [0.29, 0.717) is 0 Å². The minimum absolute atomic E-state index is 0.0382. The number of ether oxygens (including phenoxy) is 1. The predicted octanol–water partition coefficient (Wildman–Crippen LogP) is 2.33. The zero-order valence-electron chi connectivity index (χ0n) is 11.2. The van der Waals surface area contributed by atoms with Crippen molar-refractivity contribution in [2.75, 3.05) is 19.0 Å². The van der Waals surface area contributed by atoms with Gasteiger partial charge in [-0.15, -0.1) is 0 Å². The maximum absolute atomic E-state index is 11.4. The van der Waals surface area contributed by atoms with Crippen LogP contribution in [0.5, 0.6) is 0 Å². The Morgan fingerprint density at radius 2 is 2.30 bits per heavy atom. The molecule has 1 unspecified atom stereocenters. The molecule has 2 aromatic rings. The molecule has 5 nitrogen and oxygen atoms in total. The Bertz CT molecular complexity index is 643. The lowest BCUT2D eigenvalue weighted by atomic mass is 10.1. The van der Waals surface area contributed by atoms with Crippen LogP contribution in [-0.4, -0.2) is 35.3 Å². The normalized spacial score (nSPS) is 13.8. The van der Waals surface area contributed by atoms with Gasteiger partial charge < -0.3 is 15.2 Å². The molecule has 0 bridgehead atoms. The number of hydrogen-bond acceptors (Lipinski definition) is 5. The number of pyridine rings is 1. The fourth-order valence-corrected chi connectivity index (χ4v) is 2.18. The summed E-state index contributed by atoms with van der Waals surface area (Å²) >= 11 is 3.37. The van der Waals surface area contributed by atoms with Crippen molar-refractivity contribution in [3.63, 3.8) is 0 Å². The molecule has 0 saturated heterocycles. The molecule has 0 aliphatic carbocycles. The van der Waals surface area contributed by atoms with Gasteiger partial charge >= 0.3 is 5.97 Å². The Morgan fingerprint density at radius 1 is 1.55 bits per heavy atom. The van der Waals surface area contributed by atoms with E-state index >= 15 is 0 Å². The average molecular weight is 339 g/mol. The van der Waals surface area contributed by atoms with E-state index in [4.69, 9.17) is 0 Å². The van der Waals surface area contributed by atoms with Gasteiger partial charge in [-0.1, -0.05) is 12.1 Å². The lowest BCUT2D eigenvalue weighted by Gasteiger charge is -2.21. The molecule has 0 saturated carbocycles. The minimum Gasteiger partial charge on any atom is -0.467 e. The Labute approximate surface area is 125 Å². The molecule has 1 heterocycles. The van der Waals surface area contributed by atoms with E-state index in [1.54, 1.807) is 6.20 Å². The number of carbonyl (C=O) groups excluding carboxylic acids is 1. The number of halogens is 1. The number of aliphatic hydroxyl groups is 1. The van der Waals surface area contributed by atoms with Crippen LogP contribution >= 0.6 is 15.9 Å². The highest BCUT2D eigenvalue weighted by atomic mass is 79.9. The van der Waals surface area contributed by atoms with Crippen LogP contribution in [0.25, 0.3) is 10.9 Å². The standard InChI is InChI=1S/C14H15BrN2O3/c1-14(19,13(18)20-2)8-17-11-5-3-4-9-6-10(15)7-16-12(9)11/h3-7,17,19H,8H2,1-2H3. The second-order valence-corrected chi connectivity index (χ2v) is 5.57. The first-order chi connectivity index (χ1) is 9.44. The summed E-state index contributed by atoms with van der Waals surface area (Å²) < 4.78 is 5.45. The number of esters is 1. The first-order valence-electron chi connectivity index (χ1n) is 6.03. The number of fused-ring (bicyclic) bond motifs is 1. The highest BCUT2D eigenvalue weighted by Gasteiger charge is 2.31. The number of carbonyl (C=O) groups is 1. The smallest absolute Gasteiger partial charge is 0.339 e. The summed E-state index contributed by atoms with van der Waals surface area (Å²) in [6.45, 7) is 1.44. The molecular weight excluding hydrogens is 324 g/mol. The van der Waals surface area contributed by atoms with Gasteiger partial charge in [0.2, 0.25) is 0 Å². The molecule has 1 atom stereocenters. The quantitative estimate of drug-likeness (QED) is 0.837. The summed E-state index contributed by atoms with van der Waals surface area (Å²) in [6.07, 6.45) is 1.70. The fourth-order valence-electron chi connectivity index (χ4n) is 1.84. The van der Waals surface area contributed by atoms with E-state index in [-0.39, 0.29) is 6.54 Å². The van der Waals surface area contributed by atoms with E-state index in [0.717, 1.165) is 21.1 Å². The van der Waals surface area contributed by atoms with Gasteiger partial charge in [0.05, 0.1) is 24.9 Å². The van der Waals surface area contributed by atoms with E-state index in [2.05, 4.69) is 31.0 Å². The number of rotatable bonds is 4. The SMILES string of the molecule is COC(=O)C(C)(O)CNc1cccc2cc(Br)cnc12. The first-order valence-corrected chi connectivity index (χ1v) is 6.82. The summed E-state index contributed by atoms with van der Waals surface area (Å²) in [5.74, 6) is -0.680. The molecule has 1 aromatic heterocycles. The second-order valence-electron chi connectivity index (χ2n) is 4.65. The Hall–Kier alpha value is -1.66. The van der Waals surface area contributed by atoms with Crippen molar-refractivity contribution in [2.45, 2.75) is 12.5 Å². The summed E-state index contributed by atoms with van der Waals surface area (Å²) in [5.41, 5.74) is -0.0673. The van der Waals surface area contributed by atoms with Crippen molar-refractivity contribution in [3.05, 3.63) is 34.9 Å². The average Bonchev–Trinajstić information content (AvgIpc) is 2.43. The van der Waals surface area contributed by atoms with Crippen molar-refractivity contribution in [2.24, 2.45) is 0 Å². The number of para-hydroxylation sites is 1. The van der Waals surface area contributed by atoms with Crippen molar-refractivity contribution in [3.8, 4) is 0 Å². The molecule has 106 valence electrons. The topological polar surface area (TPSA) is 71.5 Å². The maximum Gasteiger partial charge on any atom is 0.339 e. The molecule has 0 aliphatic rings. The highest BCUT2D eigenvalue weighted by Crippen LogP contribution is 2.24. The van der Waals surface area contributed by atoms with Gasteiger partial charge in [0, 0.05) is 16.1 Å². The second kappa shape index (κ2) is 5.76. The number of nitrogens with one attached hydrogen (secondary N) is 1. The monoisotopic (exact) mass is 338 g/mol. The van der Waals surface area contributed by atoms with Crippen LogP contribution in [0.1, 0.15) is 6.92 Å². The Kier molecular flexibility index (Phi) is 4.25. The van der Waals surface area contributed by atoms with Crippen LogP contribution in [0.2, 0.25) is 0 Å². The molecular formula is C14H15BrN2O3. The van der Waals surface area contributed by atoms with Gasteiger partial charge in [-0.05, 0) is 35.0 Å². The van der Waals surface area contributed by atoms with Gasteiger partial charge in [0.1, 0.15) is 0 Å².